The summed E-state index contributed by atoms with van der Waals surface area (Å²) in [5, 5.41) is 3.36. The van der Waals surface area contributed by atoms with Gasteiger partial charge in [-0.15, -0.1) is 0 Å². The van der Waals surface area contributed by atoms with Crippen molar-refractivity contribution in [3.63, 3.8) is 0 Å². The van der Waals surface area contributed by atoms with Crippen LogP contribution in [0.1, 0.15) is 6.92 Å². The highest BCUT2D eigenvalue weighted by Crippen LogP contribution is 1.98. The predicted octanol–water partition coefficient (Wildman–Crippen LogP) is -0.602. The first kappa shape index (κ1) is 5.53. The number of hydrogen-bond acceptors (Lipinski definition) is 4. The van der Waals surface area contributed by atoms with E-state index < -0.39 is 0 Å². The van der Waals surface area contributed by atoms with Crippen molar-refractivity contribution < 1.29 is 0 Å². The molecule has 1 rings (SSSR count). The summed E-state index contributed by atoms with van der Waals surface area (Å²) < 4.78 is 0. The molecule has 1 heterocycles. The number of nitrogens with zero attached hydrogens (tertiary/aromatic N) is 3. The monoisotopic (exact) mass is 114 g/mol. The lowest BCUT2D eigenvalue weighted by atomic mass is 10.7. The highest BCUT2D eigenvalue weighted by molar-refractivity contribution is 5.79. The third-order valence-corrected chi connectivity index (χ3v) is 1.20. The smallest absolute Gasteiger partial charge is 0.128 e. The van der Waals surface area contributed by atoms with Crippen LogP contribution >= 0.6 is 0 Å². The summed E-state index contributed by atoms with van der Waals surface area (Å²) in [6.45, 7) is 2.56. The molecule has 0 bridgehead atoms. The van der Waals surface area contributed by atoms with Crippen LogP contribution in [0.15, 0.2) is 4.99 Å². The molecule has 0 unspecified atom stereocenters. The summed E-state index contributed by atoms with van der Waals surface area (Å²) in [7, 11) is 1.89. The highest BCUT2D eigenvalue weighted by atomic mass is 15.8. The molecule has 0 radical (unpaired) electrons. The van der Waals surface area contributed by atoms with Crippen molar-refractivity contribution in [1.82, 2.24) is 10.1 Å². The molecule has 2 N–H and O–H groups in total. The number of rotatable bonds is 0. The summed E-state index contributed by atoms with van der Waals surface area (Å²) in [6, 6.07) is 0. The van der Waals surface area contributed by atoms with E-state index in [0.29, 0.717) is 6.67 Å². The molecule has 4 nitrogen and oxygen atoms in total. The molecule has 4 heteroatoms. The summed E-state index contributed by atoms with van der Waals surface area (Å²) in [5.41, 5.74) is 0. The minimum Gasteiger partial charge on any atom is -0.253 e. The van der Waals surface area contributed by atoms with E-state index in [1.54, 1.807) is 0 Å². The average Bonchev–Trinajstić information content (AvgIpc) is 1.98. The molecule has 46 valence electrons. The molecule has 0 aliphatic carbocycles. The van der Waals surface area contributed by atoms with Gasteiger partial charge in [-0.1, -0.05) is 0 Å². The molecule has 0 aromatic heterocycles. The molecule has 0 saturated heterocycles. The molecule has 0 saturated carbocycles. The molecule has 1 aliphatic rings. The van der Waals surface area contributed by atoms with Gasteiger partial charge in [-0.05, 0) is 6.92 Å². The minimum atomic E-state index is 0.683. The first-order valence-corrected chi connectivity index (χ1v) is 2.49. The molecule has 0 aromatic rings. The van der Waals surface area contributed by atoms with Crippen molar-refractivity contribution in [3.8, 4) is 0 Å². The van der Waals surface area contributed by atoms with Crippen LogP contribution in [0.25, 0.3) is 0 Å². The second kappa shape index (κ2) is 1.72. The zero-order chi connectivity index (χ0) is 6.15. The third-order valence-electron chi connectivity index (χ3n) is 1.20. The van der Waals surface area contributed by atoms with Gasteiger partial charge in [0.1, 0.15) is 12.5 Å². The minimum absolute atomic E-state index is 0.683. The van der Waals surface area contributed by atoms with Crippen molar-refractivity contribution in [3.05, 3.63) is 0 Å². The number of nitrogens with two attached hydrogens (primary N) is 1. The fourth-order valence-electron chi connectivity index (χ4n) is 0.592. The molecule has 8 heavy (non-hydrogen) atoms. The quantitative estimate of drug-likeness (QED) is 0.428. The van der Waals surface area contributed by atoms with E-state index in [2.05, 4.69) is 4.99 Å². The summed E-state index contributed by atoms with van der Waals surface area (Å²) in [6.07, 6.45) is 0. The molecule has 0 amide bonds. The van der Waals surface area contributed by atoms with E-state index >= 15 is 0 Å². The zero-order valence-corrected chi connectivity index (χ0v) is 5.13. The fraction of sp³-hybridized carbons (Fsp3) is 0.750. The number of hydrazine groups is 2. The SMILES string of the molecule is CC1=NCN(C)N1N. The Hall–Kier alpha value is -0.610. The molecule has 0 fully saturated rings. The van der Waals surface area contributed by atoms with Crippen LogP contribution in [0.4, 0.5) is 0 Å². The van der Waals surface area contributed by atoms with Gasteiger partial charge in [0.05, 0.1) is 0 Å². The van der Waals surface area contributed by atoms with E-state index in [1.165, 1.54) is 5.12 Å². The van der Waals surface area contributed by atoms with Gasteiger partial charge in [0.15, 0.2) is 0 Å². The van der Waals surface area contributed by atoms with Gasteiger partial charge in [-0.25, -0.2) is 11.0 Å². The van der Waals surface area contributed by atoms with Gasteiger partial charge in [0.25, 0.3) is 0 Å². The maximum Gasteiger partial charge on any atom is 0.128 e. The summed E-state index contributed by atoms with van der Waals surface area (Å²) >= 11 is 0. The van der Waals surface area contributed by atoms with Crippen molar-refractivity contribution in [2.24, 2.45) is 10.8 Å². The van der Waals surface area contributed by atoms with Crippen molar-refractivity contribution in [2.45, 2.75) is 6.92 Å². The maximum atomic E-state index is 5.45. The molecule has 0 spiro atoms. The Bertz CT molecular complexity index is 119. The van der Waals surface area contributed by atoms with Gasteiger partial charge < -0.3 is 0 Å². The Morgan fingerprint density at radius 1 is 1.75 bits per heavy atom. The van der Waals surface area contributed by atoms with E-state index in [1.807, 2.05) is 19.0 Å². The fourth-order valence-corrected chi connectivity index (χ4v) is 0.592. The predicted molar refractivity (Wildman–Crippen MR) is 31.8 cm³/mol. The topological polar surface area (TPSA) is 44.9 Å². The lowest BCUT2D eigenvalue weighted by Crippen LogP contribution is -2.43. The van der Waals surface area contributed by atoms with E-state index in [4.69, 9.17) is 5.84 Å². The van der Waals surface area contributed by atoms with Crippen LogP contribution in [0, 0.1) is 0 Å². The second-order valence-electron chi connectivity index (χ2n) is 1.85. The van der Waals surface area contributed by atoms with Crippen molar-refractivity contribution in [2.75, 3.05) is 13.7 Å². The summed E-state index contributed by atoms with van der Waals surface area (Å²) in [5.74, 6) is 6.32. The van der Waals surface area contributed by atoms with Crippen LogP contribution in [-0.2, 0) is 0 Å². The van der Waals surface area contributed by atoms with Gasteiger partial charge >= 0.3 is 0 Å². The van der Waals surface area contributed by atoms with Gasteiger partial charge in [-0.2, -0.15) is 5.01 Å². The van der Waals surface area contributed by atoms with Gasteiger partial charge in [0.2, 0.25) is 0 Å². The Morgan fingerprint density at radius 3 is 2.50 bits per heavy atom. The Labute approximate surface area is 48.5 Å². The molecule has 1 aliphatic heterocycles. The van der Waals surface area contributed by atoms with Crippen LogP contribution in [-0.4, -0.2) is 29.7 Å². The lowest BCUT2D eigenvalue weighted by molar-refractivity contribution is 0.104. The molecular weight excluding hydrogens is 104 g/mol. The normalized spacial score (nSPS) is 21.9. The van der Waals surface area contributed by atoms with Crippen molar-refractivity contribution >= 4 is 5.84 Å². The van der Waals surface area contributed by atoms with E-state index in [0.717, 1.165) is 5.84 Å². The lowest BCUT2D eigenvalue weighted by Gasteiger charge is -2.18. The maximum absolute atomic E-state index is 5.45. The Balaban J connectivity index is 2.59. The Morgan fingerprint density at radius 2 is 2.38 bits per heavy atom. The van der Waals surface area contributed by atoms with Crippen LogP contribution in [0.5, 0.6) is 0 Å². The van der Waals surface area contributed by atoms with E-state index in [9.17, 15) is 0 Å². The highest BCUT2D eigenvalue weighted by Gasteiger charge is 2.12. The first-order chi connectivity index (χ1) is 3.72. The molecular formula is C4H10N4. The van der Waals surface area contributed by atoms with Crippen LogP contribution in [0.3, 0.4) is 0 Å². The van der Waals surface area contributed by atoms with Gasteiger partial charge in [0, 0.05) is 7.05 Å². The van der Waals surface area contributed by atoms with E-state index in [-0.39, 0.29) is 0 Å². The molecule has 0 aromatic carbocycles. The standard InChI is InChI=1S/C4H10N4/c1-4-6-3-7(2)8(4)5/h3,5H2,1-2H3. The number of aliphatic imine (C=N–C) groups is 1. The Kier molecular flexibility index (Phi) is 1.19. The first-order valence-electron chi connectivity index (χ1n) is 2.49. The van der Waals surface area contributed by atoms with Crippen LogP contribution < -0.4 is 5.84 Å². The summed E-state index contributed by atoms with van der Waals surface area (Å²) in [4.78, 5) is 4.04. The third kappa shape index (κ3) is 0.677. The number of hydrogen-bond donors (Lipinski definition) is 1. The zero-order valence-electron chi connectivity index (χ0n) is 5.13. The van der Waals surface area contributed by atoms with Crippen molar-refractivity contribution in [1.29, 1.82) is 0 Å². The second-order valence-corrected chi connectivity index (χ2v) is 1.85. The average molecular weight is 114 g/mol. The van der Waals surface area contributed by atoms with Gasteiger partial charge in [-0.3, -0.25) is 4.99 Å². The number of amidine groups is 1. The largest absolute Gasteiger partial charge is 0.253 e. The van der Waals surface area contributed by atoms with Crippen LogP contribution in [0.2, 0.25) is 0 Å². The molecule has 0 atom stereocenters.